The van der Waals surface area contributed by atoms with E-state index in [0.29, 0.717) is 35.5 Å². The van der Waals surface area contributed by atoms with Crippen LogP contribution in [0.4, 0.5) is 22.0 Å². The number of nitrogens with zero attached hydrogens (tertiary/aromatic N) is 3. The summed E-state index contributed by atoms with van der Waals surface area (Å²) >= 11 is 0. The van der Waals surface area contributed by atoms with Crippen molar-refractivity contribution in [1.82, 2.24) is 20.0 Å². The quantitative estimate of drug-likeness (QED) is 0.172. The Hall–Kier alpha value is -4.90. The minimum absolute atomic E-state index is 0.152. The Morgan fingerprint density at radius 2 is 1.75 bits per heavy atom. The fourth-order valence-corrected chi connectivity index (χ4v) is 4.70. The third kappa shape index (κ3) is 5.32. The summed E-state index contributed by atoms with van der Waals surface area (Å²) in [4.78, 5) is 41.4. The summed E-state index contributed by atoms with van der Waals surface area (Å²) in [6, 6.07) is 17.7. The molecule has 1 saturated heterocycles. The molecule has 40 heavy (non-hydrogen) atoms. The Balaban J connectivity index is 1.32. The fourth-order valence-electron chi connectivity index (χ4n) is 4.70. The number of urea groups is 1. The van der Waals surface area contributed by atoms with E-state index in [4.69, 9.17) is 10.5 Å². The molecular formula is C29H31N7O4. The van der Waals surface area contributed by atoms with E-state index in [-0.39, 0.29) is 23.1 Å². The molecule has 11 heteroatoms. The molecular weight excluding hydrogens is 510 g/mol. The van der Waals surface area contributed by atoms with E-state index in [1.807, 2.05) is 69.1 Å². The van der Waals surface area contributed by atoms with Crippen molar-refractivity contribution in [3.63, 3.8) is 0 Å². The van der Waals surface area contributed by atoms with Crippen LogP contribution in [-0.2, 0) is 9.59 Å². The van der Waals surface area contributed by atoms with Crippen LogP contribution in [0.15, 0.2) is 60.7 Å². The van der Waals surface area contributed by atoms with Gasteiger partial charge < -0.3 is 26.0 Å². The molecule has 5 rings (SSSR count). The molecule has 0 aliphatic carbocycles. The summed E-state index contributed by atoms with van der Waals surface area (Å²) in [6.07, 6.45) is 0. The number of carbonyl (C=O) groups is 3. The van der Waals surface area contributed by atoms with Crippen LogP contribution in [0.25, 0.3) is 22.0 Å². The minimum atomic E-state index is -0.979. The Morgan fingerprint density at radius 1 is 1.02 bits per heavy atom. The van der Waals surface area contributed by atoms with Crippen molar-refractivity contribution in [3.05, 3.63) is 66.2 Å². The van der Waals surface area contributed by atoms with Crippen LogP contribution in [0, 0.1) is 6.92 Å². The number of likely N-dealkylation sites (N-methyl/N-ethyl adjacent to an activating group) is 1. The van der Waals surface area contributed by atoms with Gasteiger partial charge in [-0.1, -0.05) is 24.3 Å². The monoisotopic (exact) mass is 541 g/mol. The number of anilines is 3. The largest absolute Gasteiger partial charge is 0.417 e. The first-order valence-corrected chi connectivity index (χ1v) is 12.8. The predicted molar refractivity (Wildman–Crippen MR) is 154 cm³/mol. The van der Waals surface area contributed by atoms with Gasteiger partial charge in [0.2, 0.25) is 0 Å². The lowest BCUT2D eigenvalue weighted by molar-refractivity contribution is -0.153. The molecule has 1 aromatic heterocycles. The molecule has 0 spiro atoms. The highest BCUT2D eigenvalue weighted by molar-refractivity contribution is 6.33. The number of benzene rings is 3. The van der Waals surface area contributed by atoms with Crippen LogP contribution in [0.5, 0.6) is 5.75 Å². The first-order valence-electron chi connectivity index (χ1n) is 12.8. The lowest BCUT2D eigenvalue weighted by Crippen LogP contribution is -2.39. The number of ether oxygens (including phenoxy) is 1. The molecule has 5 N–H and O–H groups in total. The Bertz CT molecular complexity index is 1610. The second-order valence-electron chi connectivity index (χ2n) is 10.5. The van der Waals surface area contributed by atoms with E-state index in [1.165, 1.54) is 4.90 Å². The Labute approximate surface area is 231 Å². The number of rotatable bonds is 4. The minimum Gasteiger partial charge on any atom is -0.417 e. The van der Waals surface area contributed by atoms with E-state index in [9.17, 15) is 14.4 Å². The third-order valence-electron chi connectivity index (χ3n) is 7.10. The van der Waals surface area contributed by atoms with Gasteiger partial charge >= 0.3 is 17.9 Å². The molecule has 1 fully saturated rings. The molecule has 3 aromatic carbocycles. The van der Waals surface area contributed by atoms with Gasteiger partial charge in [0.05, 0.1) is 12.1 Å². The van der Waals surface area contributed by atoms with E-state index >= 15 is 0 Å². The number of aryl methyl sites for hydroxylation is 1. The van der Waals surface area contributed by atoms with E-state index in [0.717, 1.165) is 16.7 Å². The van der Waals surface area contributed by atoms with Crippen molar-refractivity contribution in [2.75, 3.05) is 36.6 Å². The van der Waals surface area contributed by atoms with Gasteiger partial charge in [0.1, 0.15) is 5.52 Å². The van der Waals surface area contributed by atoms with Crippen molar-refractivity contribution in [2.24, 2.45) is 0 Å². The molecule has 0 atom stereocenters. The lowest BCUT2D eigenvalue weighted by Gasteiger charge is -2.24. The standard InChI is InChI=1S/C29H31N7O4/c1-17-6-5-7-20(14-17)32-28(39)31-19-10-8-18(9-11-19)21-12-13-22(24-23(21)25(30)34-33-24)40-27(38)26(37)36-15-29(2,3)35(4)16-36/h5-14H,15-16H2,1-4H3,(H3,30,33,34)(H2,31,32,39). The number of carbonyl (C=O) groups excluding carboxylic acids is 3. The number of nitrogens with one attached hydrogen (secondary N) is 3. The maximum atomic E-state index is 12.8. The van der Waals surface area contributed by atoms with E-state index in [2.05, 4.69) is 20.8 Å². The predicted octanol–water partition coefficient (Wildman–Crippen LogP) is 4.18. The zero-order valence-electron chi connectivity index (χ0n) is 22.7. The lowest BCUT2D eigenvalue weighted by atomic mass is 10.0. The third-order valence-corrected chi connectivity index (χ3v) is 7.10. The highest BCUT2D eigenvalue weighted by atomic mass is 16.5. The van der Waals surface area contributed by atoms with Gasteiger partial charge in [0, 0.05) is 23.5 Å². The molecule has 1 aliphatic heterocycles. The summed E-state index contributed by atoms with van der Waals surface area (Å²) in [5.74, 6) is -1.32. The molecule has 3 amide bonds. The van der Waals surface area contributed by atoms with Gasteiger partial charge in [0.15, 0.2) is 11.6 Å². The zero-order valence-corrected chi connectivity index (χ0v) is 22.7. The van der Waals surface area contributed by atoms with Gasteiger partial charge in [-0.3, -0.25) is 14.8 Å². The highest BCUT2D eigenvalue weighted by Crippen LogP contribution is 2.37. The van der Waals surface area contributed by atoms with E-state index < -0.39 is 11.9 Å². The van der Waals surface area contributed by atoms with E-state index in [1.54, 1.807) is 24.3 Å². The fraction of sp³-hybridized carbons (Fsp3) is 0.241. The van der Waals surface area contributed by atoms with Crippen LogP contribution < -0.4 is 21.1 Å². The Morgan fingerprint density at radius 3 is 2.42 bits per heavy atom. The van der Waals surface area contributed by atoms with Crippen LogP contribution in [0.1, 0.15) is 19.4 Å². The SMILES string of the molecule is Cc1cccc(NC(=O)Nc2ccc(-c3ccc(OC(=O)C(=O)N4CN(C)C(C)(C)C4)c4[nH]nc(N)c34)cc2)c1. The number of aromatic amines is 1. The number of esters is 1. The molecule has 0 radical (unpaired) electrons. The van der Waals surface area contributed by atoms with Crippen LogP contribution in [0.3, 0.4) is 0 Å². The first kappa shape index (κ1) is 26.7. The molecule has 4 aromatic rings. The summed E-state index contributed by atoms with van der Waals surface area (Å²) < 4.78 is 5.50. The van der Waals surface area contributed by atoms with Crippen molar-refractivity contribution >= 4 is 46.0 Å². The van der Waals surface area contributed by atoms with Gasteiger partial charge in [-0.2, -0.15) is 5.10 Å². The maximum Gasteiger partial charge on any atom is 0.402 e. The van der Waals surface area contributed by atoms with Crippen LogP contribution >= 0.6 is 0 Å². The molecule has 0 bridgehead atoms. The number of nitrogen functional groups attached to an aromatic ring is 1. The highest BCUT2D eigenvalue weighted by Gasteiger charge is 2.39. The maximum absolute atomic E-state index is 12.8. The second kappa shape index (κ2) is 10.3. The molecule has 2 heterocycles. The summed E-state index contributed by atoms with van der Waals surface area (Å²) in [6.45, 7) is 6.72. The van der Waals surface area contributed by atoms with Gasteiger partial charge in [-0.25, -0.2) is 9.59 Å². The number of hydrogen-bond acceptors (Lipinski definition) is 7. The smallest absolute Gasteiger partial charge is 0.402 e. The number of amides is 3. The number of fused-ring (bicyclic) bond motifs is 1. The van der Waals surface area contributed by atoms with Crippen molar-refractivity contribution in [1.29, 1.82) is 0 Å². The number of hydrogen-bond donors (Lipinski definition) is 4. The first-order chi connectivity index (χ1) is 19.0. The molecule has 1 aliphatic rings. The molecule has 0 saturated carbocycles. The number of H-pyrrole nitrogens is 1. The van der Waals surface area contributed by atoms with Crippen molar-refractivity contribution < 1.29 is 19.1 Å². The summed E-state index contributed by atoms with van der Waals surface area (Å²) in [5.41, 5.74) is 10.2. The normalized spacial score (nSPS) is 14.8. The molecule has 206 valence electrons. The van der Waals surface area contributed by atoms with Gasteiger partial charge in [-0.15, -0.1) is 0 Å². The van der Waals surface area contributed by atoms with Crippen LogP contribution in [0.2, 0.25) is 0 Å². The van der Waals surface area contributed by atoms with Gasteiger partial charge in [-0.05, 0) is 80.9 Å². The average Bonchev–Trinajstić information content (AvgIpc) is 3.43. The molecule has 11 nitrogen and oxygen atoms in total. The summed E-state index contributed by atoms with van der Waals surface area (Å²) in [7, 11) is 1.90. The second-order valence-corrected chi connectivity index (χ2v) is 10.5. The van der Waals surface area contributed by atoms with Crippen molar-refractivity contribution in [3.8, 4) is 16.9 Å². The number of aromatic nitrogens is 2. The zero-order chi connectivity index (χ0) is 28.6. The summed E-state index contributed by atoms with van der Waals surface area (Å²) in [5, 5.41) is 13.1. The molecule has 0 unspecified atom stereocenters. The number of nitrogens with two attached hydrogens (primary N) is 1. The van der Waals surface area contributed by atoms with Gasteiger partial charge in [0.25, 0.3) is 0 Å². The van der Waals surface area contributed by atoms with Crippen LogP contribution in [-0.4, -0.2) is 63.7 Å². The Kier molecular flexibility index (Phi) is 6.90. The topological polar surface area (TPSA) is 146 Å². The average molecular weight is 542 g/mol. The van der Waals surface area contributed by atoms with Crippen molar-refractivity contribution in [2.45, 2.75) is 26.3 Å².